The van der Waals surface area contributed by atoms with Gasteiger partial charge in [-0.15, -0.1) is 11.3 Å². The molecule has 4 aromatic heterocycles. The van der Waals surface area contributed by atoms with Crippen molar-refractivity contribution in [1.82, 2.24) is 14.5 Å². The van der Waals surface area contributed by atoms with Crippen LogP contribution in [-0.2, 0) is 0 Å². The monoisotopic (exact) mass is 671 g/mol. The van der Waals surface area contributed by atoms with E-state index in [4.69, 9.17) is 14.4 Å². The molecule has 0 spiro atoms. The van der Waals surface area contributed by atoms with E-state index in [1.54, 1.807) is 11.3 Å². The van der Waals surface area contributed by atoms with Crippen LogP contribution in [0.5, 0.6) is 0 Å². The zero-order valence-electron chi connectivity index (χ0n) is 27.9. The van der Waals surface area contributed by atoms with Gasteiger partial charge in [-0.25, -0.2) is 9.97 Å². The van der Waals surface area contributed by atoms with Gasteiger partial charge >= 0.3 is 0 Å². The Morgan fingerprint density at radius 3 is 2.12 bits per heavy atom. The van der Waals surface area contributed by atoms with Crippen molar-refractivity contribution in [3.05, 3.63) is 151 Å². The van der Waals surface area contributed by atoms with Crippen LogP contribution in [0, 0.1) is 13.8 Å². The number of furan rings is 1. The summed E-state index contributed by atoms with van der Waals surface area (Å²) in [5, 5.41) is 9.33. The number of thiophene rings is 1. The van der Waals surface area contributed by atoms with E-state index in [-0.39, 0.29) is 0 Å². The second kappa shape index (κ2) is 10.6. The zero-order chi connectivity index (χ0) is 33.8. The summed E-state index contributed by atoms with van der Waals surface area (Å²) in [6.45, 7) is 4.47. The number of para-hydroxylation sites is 2. The van der Waals surface area contributed by atoms with Crippen molar-refractivity contribution >= 4 is 86.2 Å². The van der Waals surface area contributed by atoms with Crippen LogP contribution in [0.4, 0.5) is 0 Å². The van der Waals surface area contributed by atoms with Gasteiger partial charge < -0.3 is 4.42 Å². The molecule has 0 aliphatic rings. The lowest BCUT2D eigenvalue weighted by Crippen LogP contribution is -2.04. The van der Waals surface area contributed by atoms with Crippen LogP contribution in [0.1, 0.15) is 11.1 Å². The Bertz CT molecular complexity index is 3230. The number of fused-ring (bicyclic) bond motifs is 11. The highest BCUT2D eigenvalue weighted by Crippen LogP contribution is 2.46. The van der Waals surface area contributed by atoms with E-state index in [1.165, 1.54) is 53.9 Å². The number of aryl methyl sites for hydroxylation is 2. The molecular weight excluding hydrogens is 643 g/mol. The van der Waals surface area contributed by atoms with Crippen LogP contribution in [0.25, 0.3) is 103 Å². The highest BCUT2D eigenvalue weighted by Gasteiger charge is 2.25. The van der Waals surface area contributed by atoms with Crippen molar-refractivity contribution in [1.29, 1.82) is 0 Å². The molecular formula is C46H29N3OS. The largest absolute Gasteiger partial charge is 0.456 e. The molecule has 0 bridgehead atoms. The Morgan fingerprint density at radius 1 is 0.569 bits per heavy atom. The second-order valence-corrected chi connectivity index (χ2v) is 14.4. The van der Waals surface area contributed by atoms with Crippen molar-refractivity contribution in [3.63, 3.8) is 0 Å². The predicted octanol–water partition coefficient (Wildman–Crippen LogP) is 12.9. The molecule has 0 saturated heterocycles. The molecule has 0 radical (unpaired) electrons. The van der Waals surface area contributed by atoms with Gasteiger partial charge in [0, 0.05) is 42.6 Å². The maximum Gasteiger partial charge on any atom is 0.236 e. The summed E-state index contributed by atoms with van der Waals surface area (Å²) in [7, 11) is 0. The fourth-order valence-corrected chi connectivity index (χ4v) is 9.38. The quantitative estimate of drug-likeness (QED) is 0.188. The molecule has 0 N–H and O–H groups in total. The number of hydrogen-bond donors (Lipinski definition) is 0. The van der Waals surface area contributed by atoms with E-state index in [9.17, 15) is 0 Å². The molecule has 4 nitrogen and oxygen atoms in total. The van der Waals surface area contributed by atoms with Gasteiger partial charge in [-0.1, -0.05) is 103 Å². The van der Waals surface area contributed by atoms with Crippen LogP contribution in [0.3, 0.4) is 0 Å². The third kappa shape index (κ3) is 4.01. The minimum atomic E-state index is 0.668. The first-order valence-electron chi connectivity index (χ1n) is 17.3. The SMILES string of the molecule is Cc1ccccc1-c1c(C)c2c(c3ccccc13)c1ccccc1n2-c1nc(-c2ccc3oc4ccccc4c3c2)c2c(n1)sc1ccccc12. The van der Waals surface area contributed by atoms with Crippen molar-refractivity contribution in [3.8, 4) is 28.3 Å². The van der Waals surface area contributed by atoms with Gasteiger partial charge in [0.1, 0.15) is 16.0 Å². The Balaban J connectivity index is 1.30. The zero-order valence-corrected chi connectivity index (χ0v) is 28.8. The van der Waals surface area contributed by atoms with Crippen molar-refractivity contribution in [2.24, 2.45) is 0 Å². The molecule has 0 fully saturated rings. The summed E-state index contributed by atoms with van der Waals surface area (Å²) in [5.74, 6) is 0.668. The van der Waals surface area contributed by atoms with Gasteiger partial charge in [-0.05, 0) is 83.3 Å². The summed E-state index contributed by atoms with van der Waals surface area (Å²) in [4.78, 5) is 12.0. The predicted molar refractivity (Wildman–Crippen MR) is 214 cm³/mol. The molecule has 11 rings (SSSR count). The average Bonchev–Trinajstić information content (AvgIpc) is 3.85. The summed E-state index contributed by atoms with van der Waals surface area (Å²) in [5.41, 5.74) is 10.9. The number of benzene rings is 7. The molecule has 240 valence electrons. The molecule has 4 heterocycles. The van der Waals surface area contributed by atoms with Gasteiger partial charge in [0.15, 0.2) is 0 Å². The Hall–Kier alpha value is -6.30. The van der Waals surface area contributed by atoms with E-state index in [0.717, 1.165) is 54.4 Å². The maximum atomic E-state index is 6.23. The lowest BCUT2D eigenvalue weighted by atomic mass is 9.89. The van der Waals surface area contributed by atoms with Crippen LogP contribution in [-0.4, -0.2) is 14.5 Å². The molecule has 7 aromatic carbocycles. The molecule has 0 atom stereocenters. The van der Waals surface area contributed by atoms with E-state index in [1.807, 2.05) is 12.1 Å². The van der Waals surface area contributed by atoms with Crippen molar-refractivity contribution < 1.29 is 4.42 Å². The van der Waals surface area contributed by atoms with E-state index in [2.05, 4.69) is 146 Å². The minimum absolute atomic E-state index is 0.668. The van der Waals surface area contributed by atoms with Crippen molar-refractivity contribution in [2.75, 3.05) is 0 Å². The number of aromatic nitrogens is 3. The summed E-state index contributed by atoms with van der Waals surface area (Å²) >= 11 is 1.73. The minimum Gasteiger partial charge on any atom is -0.456 e. The third-order valence-electron chi connectivity index (χ3n) is 10.6. The van der Waals surface area contributed by atoms with E-state index < -0.39 is 0 Å². The molecule has 0 saturated carbocycles. The van der Waals surface area contributed by atoms with E-state index in [0.29, 0.717) is 5.95 Å². The molecule has 0 aliphatic carbocycles. The Labute approximate surface area is 296 Å². The van der Waals surface area contributed by atoms with Gasteiger partial charge in [0.25, 0.3) is 0 Å². The molecule has 0 amide bonds. The Morgan fingerprint density at radius 2 is 1.25 bits per heavy atom. The first kappa shape index (κ1) is 28.5. The standard InChI is InChI=1S/C46H29N3OS/c1-26-13-3-4-14-29(26)40-27(2)44-41(32-17-6-5-16-31(32)40)33-18-7-10-20-36(33)49(44)46-47-43(42-34-19-9-12-22-39(34)51-45(42)48-46)28-23-24-38-35(25-28)30-15-8-11-21-37(30)50-38/h3-25H,1-2H3. The average molecular weight is 672 g/mol. The van der Waals surface area contributed by atoms with Crippen LogP contribution in [0.15, 0.2) is 144 Å². The van der Waals surface area contributed by atoms with Crippen LogP contribution >= 0.6 is 11.3 Å². The fraction of sp³-hybridized carbons (Fsp3) is 0.0435. The molecule has 5 heteroatoms. The fourth-order valence-electron chi connectivity index (χ4n) is 8.31. The van der Waals surface area contributed by atoms with Gasteiger partial charge in [-0.3, -0.25) is 4.57 Å². The van der Waals surface area contributed by atoms with Crippen LogP contribution in [0.2, 0.25) is 0 Å². The summed E-state index contributed by atoms with van der Waals surface area (Å²) in [6.07, 6.45) is 0. The molecule has 11 aromatic rings. The second-order valence-electron chi connectivity index (χ2n) is 13.4. The van der Waals surface area contributed by atoms with Gasteiger partial charge in [0.2, 0.25) is 5.95 Å². The number of nitrogens with zero attached hydrogens (tertiary/aromatic N) is 3. The normalized spacial score (nSPS) is 12.1. The topological polar surface area (TPSA) is 43.9 Å². The smallest absolute Gasteiger partial charge is 0.236 e. The van der Waals surface area contributed by atoms with E-state index >= 15 is 0 Å². The molecule has 51 heavy (non-hydrogen) atoms. The number of rotatable bonds is 3. The molecule has 0 aliphatic heterocycles. The first-order chi connectivity index (χ1) is 25.1. The lowest BCUT2D eigenvalue weighted by molar-refractivity contribution is 0.669. The Kier molecular flexibility index (Phi) is 5.93. The van der Waals surface area contributed by atoms with Gasteiger partial charge in [0.05, 0.1) is 16.7 Å². The molecule has 0 unspecified atom stereocenters. The third-order valence-corrected chi connectivity index (χ3v) is 11.6. The van der Waals surface area contributed by atoms with Gasteiger partial charge in [-0.2, -0.15) is 0 Å². The lowest BCUT2D eigenvalue weighted by Gasteiger charge is -2.17. The first-order valence-corrected chi connectivity index (χ1v) is 18.1. The summed E-state index contributed by atoms with van der Waals surface area (Å²) < 4.78 is 9.74. The number of hydrogen-bond acceptors (Lipinski definition) is 4. The summed E-state index contributed by atoms with van der Waals surface area (Å²) in [6, 6.07) is 49.5. The van der Waals surface area contributed by atoms with Crippen molar-refractivity contribution in [2.45, 2.75) is 13.8 Å². The highest BCUT2D eigenvalue weighted by atomic mass is 32.1. The maximum absolute atomic E-state index is 6.23. The highest BCUT2D eigenvalue weighted by molar-refractivity contribution is 7.25. The van der Waals surface area contributed by atoms with Crippen LogP contribution < -0.4 is 0 Å².